The minimum absolute atomic E-state index is 0.109. The summed E-state index contributed by atoms with van der Waals surface area (Å²) in [4.78, 5) is 0. The van der Waals surface area contributed by atoms with E-state index in [0.717, 1.165) is 29.8 Å². The molecule has 2 rings (SSSR count). The zero-order valence-corrected chi connectivity index (χ0v) is 11.6. The molecule has 100 valence electrons. The average Bonchev–Trinajstić information content (AvgIpc) is 2.46. The summed E-state index contributed by atoms with van der Waals surface area (Å²) in [6, 6.07) is 18.4. The third-order valence-electron chi connectivity index (χ3n) is 3.28. The van der Waals surface area contributed by atoms with Crippen molar-refractivity contribution in [2.45, 2.75) is 25.3 Å². The molecule has 0 heterocycles. The predicted octanol–water partition coefficient (Wildman–Crippen LogP) is 3.87. The van der Waals surface area contributed by atoms with Crippen LogP contribution in [0.2, 0.25) is 5.02 Å². The van der Waals surface area contributed by atoms with Crippen LogP contribution in [0.25, 0.3) is 0 Å². The van der Waals surface area contributed by atoms with Crippen molar-refractivity contribution in [1.29, 1.82) is 0 Å². The molecule has 1 unspecified atom stereocenters. The largest absolute Gasteiger partial charge is 0.271 e. The highest BCUT2D eigenvalue weighted by molar-refractivity contribution is 6.31. The normalized spacial score (nSPS) is 12.3. The molecule has 0 amide bonds. The lowest BCUT2D eigenvalue weighted by Gasteiger charge is -2.17. The van der Waals surface area contributed by atoms with E-state index in [1.165, 1.54) is 5.56 Å². The van der Waals surface area contributed by atoms with E-state index in [1.54, 1.807) is 0 Å². The van der Waals surface area contributed by atoms with Gasteiger partial charge < -0.3 is 0 Å². The molecule has 0 aliphatic heterocycles. The zero-order chi connectivity index (χ0) is 13.5. The Labute approximate surface area is 119 Å². The van der Waals surface area contributed by atoms with Gasteiger partial charge >= 0.3 is 0 Å². The van der Waals surface area contributed by atoms with E-state index in [9.17, 15) is 0 Å². The number of nitrogens with two attached hydrogens (primary N) is 1. The van der Waals surface area contributed by atoms with Crippen molar-refractivity contribution in [3.63, 3.8) is 0 Å². The molecule has 3 N–H and O–H groups in total. The van der Waals surface area contributed by atoms with Crippen molar-refractivity contribution in [2.24, 2.45) is 5.84 Å². The van der Waals surface area contributed by atoms with Gasteiger partial charge in [0.15, 0.2) is 0 Å². The van der Waals surface area contributed by atoms with Crippen LogP contribution in [0.5, 0.6) is 0 Å². The van der Waals surface area contributed by atoms with Gasteiger partial charge in [-0.3, -0.25) is 11.3 Å². The Morgan fingerprint density at radius 1 is 1.00 bits per heavy atom. The fraction of sp³-hybridized carbons (Fsp3) is 0.250. The van der Waals surface area contributed by atoms with Gasteiger partial charge in [0, 0.05) is 11.1 Å². The first-order valence-electron chi connectivity index (χ1n) is 6.55. The third-order valence-corrected chi connectivity index (χ3v) is 3.63. The highest BCUT2D eigenvalue weighted by Crippen LogP contribution is 2.25. The maximum absolute atomic E-state index is 6.20. The number of hydrazine groups is 1. The number of rotatable bonds is 6. The fourth-order valence-electron chi connectivity index (χ4n) is 2.24. The minimum atomic E-state index is 0.109. The standard InChI is InChI=1S/C16H19ClN2/c17-15-11-5-4-10-14(15)16(19-18)12-6-9-13-7-2-1-3-8-13/h1-5,7-8,10-11,16,19H,6,9,12,18H2. The first kappa shape index (κ1) is 14.1. The summed E-state index contributed by atoms with van der Waals surface area (Å²) < 4.78 is 0. The van der Waals surface area contributed by atoms with Crippen molar-refractivity contribution in [3.8, 4) is 0 Å². The second-order valence-electron chi connectivity index (χ2n) is 4.62. The van der Waals surface area contributed by atoms with Gasteiger partial charge in [-0.25, -0.2) is 0 Å². The van der Waals surface area contributed by atoms with Crippen LogP contribution in [0.1, 0.15) is 30.0 Å². The summed E-state index contributed by atoms with van der Waals surface area (Å²) in [6.07, 6.45) is 3.10. The van der Waals surface area contributed by atoms with Crippen LogP contribution in [0.4, 0.5) is 0 Å². The van der Waals surface area contributed by atoms with Gasteiger partial charge in [0.1, 0.15) is 0 Å². The van der Waals surface area contributed by atoms with Crippen molar-refractivity contribution in [3.05, 3.63) is 70.7 Å². The molecule has 0 saturated carbocycles. The molecule has 0 radical (unpaired) electrons. The Morgan fingerprint density at radius 2 is 1.68 bits per heavy atom. The number of aryl methyl sites for hydroxylation is 1. The van der Waals surface area contributed by atoms with Crippen molar-refractivity contribution >= 4 is 11.6 Å². The van der Waals surface area contributed by atoms with E-state index in [2.05, 4.69) is 29.7 Å². The molecule has 3 heteroatoms. The summed E-state index contributed by atoms with van der Waals surface area (Å²) >= 11 is 6.20. The number of hydrogen-bond acceptors (Lipinski definition) is 2. The average molecular weight is 275 g/mol. The molecule has 2 aromatic carbocycles. The molecule has 0 fully saturated rings. The van der Waals surface area contributed by atoms with Gasteiger partial charge in [-0.1, -0.05) is 60.1 Å². The Kier molecular flexibility index (Phi) is 5.40. The zero-order valence-electron chi connectivity index (χ0n) is 10.9. The van der Waals surface area contributed by atoms with Gasteiger partial charge in [-0.15, -0.1) is 0 Å². The van der Waals surface area contributed by atoms with Crippen LogP contribution in [0.3, 0.4) is 0 Å². The second-order valence-corrected chi connectivity index (χ2v) is 5.03. The topological polar surface area (TPSA) is 38.0 Å². The first-order valence-corrected chi connectivity index (χ1v) is 6.93. The molecule has 2 aromatic rings. The van der Waals surface area contributed by atoms with E-state index in [1.807, 2.05) is 30.3 Å². The fourth-order valence-corrected chi connectivity index (χ4v) is 2.51. The Bertz CT molecular complexity index is 499. The Morgan fingerprint density at radius 3 is 2.37 bits per heavy atom. The lowest BCUT2D eigenvalue weighted by atomic mass is 9.99. The molecular formula is C16H19ClN2. The molecule has 0 aromatic heterocycles. The summed E-state index contributed by atoms with van der Waals surface area (Å²) in [6.45, 7) is 0. The summed E-state index contributed by atoms with van der Waals surface area (Å²) in [5.74, 6) is 5.64. The van der Waals surface area contributed by atoms with Crippen LogP contribution < -0.4 is 11.3 Å². The van der Waals surface area contributed by atoms with Gasteiger partial charge in [0.2, 0.25) is 0 Å². The monoisotopic (exact) mass is 274 g/mol. The van der Waals surface area contributed by atoms with E-state index in [4.69, 9.17) is 17.4 Å². The van der Waals surface area contributed by atoms with Gasteiger partial charge in [-0.05, 0) is 36.5 Å². The lowest BCUT2D eigenvalue weighted by Crippen LogP contribution is -2.28. The molecule has 0 saturated heterocycles. The minimum Gasteiger partial charge on any atom is -0.271 e. The van der Waals surface area contributed by atoms with Crippen LogP contribution in [0, 0.1) is 0 Å². The second kappa shape index (κ2) is 7.29. The van der Waals surface area contributed by atoms with Gasteiger partial charge in [0.05, 0.1) is 0 Å². The van der Waals surface area contributed by atoms with E-state index in [-0.39, 0.29) is 6.04 Å². The van der Waals surface area contributed by atoms with Crippen molar-refractivity contribution < 1.29 is 0 Å². The molecule has 0 aliphatic rings. The highest BCUT2D eigenvalue weighted by Gasteiger charge is 2.12. The van der Waals surface area contributed by atoms with Gasteiger partial charge in [-0.2, -0.15) is 0 Å². The molecule has 1 atom stereocenters. The smallest absolute Gasteiger partial charge is 0.0474 e. The van der Waals surface area contributed by atoms with E-state index >= 15 is 0 Å². The van der Waals surface area contributed by atoms with Crippen molar-refractivity contribution in [1.82, 2.24) is 5.43 Å². The molecule has 0 bridgehead atoms. The molecule has 0 aliphatic carbocycles. The molecular weight excluding hydrogens is 256 g/mol. The number of benzene rings is 2. The first-order chi connectivity index (χ1) is 9.31. The number of hydrogen-bond donors (Lipinski definition) is 2. The molecule has 2 nitrogen and oxygen atoms in total. The Hall–Kier alpha value is -1.35. The number of nitrogens with one attached hydrogen (secondary N) is 1. The predicted molar refractivity (Wildman–Crippen MR) is 80.9 cm³/mol. The lowest BCUT2D eigenvalue weighted by molar-refractivity contribution is 0.499. The van der Waals surface area contributed by atoms with E-state index < -0.39 is 0 Å². The van der Waals surface area contributed by atoms with E-state index in [0.29, 0.717) is 0 Å². The highest BCUT2D eigenvalue weighted by atomic mass is 35.5. The molecule has 0 spiro atoms. The SMILES string of the molecule is NNC(CCCc1ccccc1)c1ccccc1Cl. The quantitative estimate of drug-likeness (QED) is 0.620. The summed E-state index contributed by atoms with van der Waals surface area (Å²) in [5, 5.41) is 0.769. The summed E-state index contributed by atoms with van der Waals surface area (Å²) in [7, 11) is 0. The Balaban J connectivity index is 1.92. The van der Waals surface area contributed by atoms with Crippen LogP contribution in [0.15, 0.2) is 54.6 Å². The van der Waals surface area contributed by atoms with Crippen LogP contribution in [-0.2, 0) is 6.42 Å². The summed E-state index contributed by atoms with van der Waals surface area (Å²) in [5.41, 5.74) is 5.29. The maximum Gasteiger partial charge on any atom is 0.0474 e. The van der Waals surface area contributed by atoms with Crippen molar-refractivity contribution in [2.75, 3.05) is 0 Å². The van der Waals surface area contributed by atoms with Crippen LogP contribution >= 0.6 is 11.6 Å². The third kappa shape index (κ3) is 4.06. The maximum atomic E-state index is 6.20. The number of halogens is 1. The van der Waals surface area contributed by atoms with Crippen LogP contribution in [-0.4, -0.2) is 0 Å². The van der Waals surface area contributed by atoms with Gasteiger partial charge in [0.25, 0.3) is 0 Å². The molecule has 19 heavy (non-hydrogen) atoms.